The van der Waals surface area contributed by atoms with Crippen LogP contribution >= 0.6 is 23.2 Å². The third-order valence-electron chi connectivity index (χ3n) is 4.33. The van der Waals surface area contributed by atoms with E-state index in [1.807, 2.05) is 6.07 Å². The fourth-order valence-electron chi connectivity index (χ4n) is 2.91. The molecule has 1 amide bonds. The van der Waals surface area contributed by atoms with E-state index in [4.69, 9.17) is 27.9 Å². The van der Waals surface area contributed by atoms with Gasteiger partial charge in [-0.1, -0.05) is 53.5 Å². The third kappa shape index (κ3) is 5.77. The molecule has 0 aliphatic carbocycles. The first kappa shape index (κ1) is 23.1. The molecule has 1 N–H and O–H groups in total. The minimum atomic E-state index is -4.04. The molecule has 0 unspecified atom stereocenters. The number of halogens is 2. The van der Waals surface area contributed by atoms with Crippen LogP contribution in [0, 0.1) is 0 Å². The van der Waals surface area contributed by atoms with Crippen molar-refractivity contribution in [3.05, 3.63) is 88.4 Å². The maximum absolute atomic E-state index is 13.3. The Morgan fingerprint density at radius 3 is 2.39 bits per heavy atom. The summed E-state index contributed by atoms with van der Waals surface area (Å²) in [7, 11) is -2.46. The minimum Gasteiger partial charge on any atom is -0.380 e. The molecule has 0 bridgehead atoms. The van der Waals surface area contributed by atoms with Crippen LogP contribution in [0.4, 0.5) is 11.4 Å². The number of anilines is 2. The average Bonchev–Trinajstić information content (AvgIpc) is 2.75. The Hall–Kier alpha value is -2.58. The molecular weight excluding hydrogens is 459 g/mol. The number of nitrogens with zero attached hydrogens (tertiary/aromatic N) is 1. The first-order valence-corrected chi connectivity index (χ1v) is 11.4. The molecule has 0 fully saturated rings. The lowest BCUT2D eigenvalue weighted by atomic mass is 10.2. The van der Waals surface area contributed by atoms with Gasteiger partial charge in [0.25, 0.3) is 10.0 Å². The quantitative estimate of drug-likeness (QED) is 0.495. The predicted molar refractivity (Wildman–Crippen MR) is 123 cm³/mol. The second kappa shape index (κ2) is 10.2. The van der Waals surface area contributed by atoms with Gasteiger partial charge in [-0.15, -0.1) is 0 Å². The van der Waals surface area contributed by atoms with E-state index < -0.39 is 22.5 Å². The molecule has 0 aliphatic heterocycles. The van der Waals surface area contributed by atoms with Crippen molar-refractivity contribution in [1.82, 2.24) is 0 Å². The normalized spacial score (nSPS) is 11.2. The molecule has 9 heteroatoms. The lowest BCUT2D eigenvalue weighted by Gasteiger charge is -2.24. The molecule has 3 aromatic rings. The van der Waals surface area contributed by atoms with Crippen LogP contribution in [0.25, 0.3) is 0 Å². The van der Waals surface area contributed by atoms with Crippen molar-refractivity contribution in [2.24, 2.45) is 0 Å². The summed E-state index contributed by atoms with van der Waals surface area (Å²) in [5.41, 5.74) is 1.63. The van der Waals surface area contributed by atoms with Crippen LogP contribution in [0.2, 0.25) is 10.0 Å². The van der Waals surface area contributed by atoms with Crippen molar-refractivity contribution < 1.29 is 17.9 Å². The lowest BCUT2D eigenvalue weighted by molar-refractivity contribution is -0.114. The van der Waals surface area contributed by atoms with Crippen LogP contribution in [-0.4, -0.2) is 28.0 Å². The Balaban J connectivity index is 1.92. The maximum atomic E-state index is 13.3. The second-order valence-corrected chi connectivity index (χ2v) is 9.28. The second-order valence-electron chi connectivity index (χ2n) is 6.60. The summed E-state index contributed by atoms with van der Waals surface area (Å²) in [5, 5.41) is 3.19. The summed E-state index contributed by atoms with van der Waals surface area (Å²) in [4.78, 5) is 12.8. The number of carbonyl (C=O) groups excluding carboxylic acids is 1. The molecule has 0 saturated heterocycles. The number of hydrogen-bond acceptors (Lipinski definition) is 4. The van der Waals surface area contributed by atoms with Gasteiger partial charge in [0, 0.05) is 12.8 Å². The smallest absolute Gasteiger partial charge is 0.264 e. The highest BCUT2D eigenvalue weighted by Crippen LogP contribution is 2.30. The molecule has 0 saturated carbocycles. The number of amides is 1. The third-order valence-corrected chi connectivity index (χ3v) is 6.86. The molecule has 3 rings (SSSR count). The largest absolute Gasteiger partial charge is 0.380 e. The number of hydrogen-bond donors (Lipinski definition) is 1. The Kier molecular flexibility index (Phi) is 7.56. The fraction of sp³-hybridized carbons (Fsp3) is 0.136. The van der Waals surface area contributed by atoms with Crippen LogP contribution in [0.3, 0.4) is 0 Å². The summed E-state index contributed by atoms with van der Waals surface area (Å²) in [6, 6.07) is 19.4. The summed E-state index contributed by atoms with van der Waals surface area (Å²) in [6.45, 7) is -0.0643. The van der Waals surface area contributed by atoms with E-state index in [0.717, 1.165) is 9.87 Å². The van der Waals surface area contributed by atoms with Crippen molar-refractivity contribution >= 4 is 50.5 Å². The number of sulfonamides is 1. The first-order chi connectivity index (χ1) is 14.8. The highest BCUT2D eigenvalue weighted by molar-refractivity contribution is 7.92. The average molecular weight is 479 g/mol. The predicted octanol–water partition coefficient (Wildman–Crippen LogP) is 4.97. The van der Waals surface area contributed by atoms with Gasteiger partial charge in [-0.25, -0.2) is 8.42 Å². The standard InChI is InChI=1S/C22H20Cl2N2O4S/c1-30-15-16-6-5-7-17(12-16)25-22(27)14-26(18-10-11-20(23)21(24)13-18)31(28,29)19-8-3-2-4-9-19/h2-13H,14-15H2,1H3,(H,25,27). The molecule has 0 spiro atoms. The van der Waals surface area contributed by atoms with E-state index in [0.29, 0.717) is 12.3 Å². The van der Waals surface area contributed by atoms with Gasteiger partial charge in [-0.05, 0) is 48.0 Å². The Morgan fingerprint density at radius 2 is 1.71 bits per heavy atom. The Morgan fingerprint density at radius 1 is 0.968 bits per heavy atom. The number of benzene rings is 3. The zero-order chi connectivity index (χ0) is 22.4. The number of methoxy groups -OCH3 is 1. The molecule has 0 radical (unpaired) electrons. The van der Waals surface area contributed by atoms with Gasteiger partial charge in [0.2, 0.25) is 5.91 Å². The van der Waals surface area contributed by atoms with Crippen LogP contribution in [0.1, 0.15) is 5.56 Å². The molecule has 3 aromatic carbocycles. The monoisotopic (exact) mass is 478 g/mol. The van der Waals surface area contributed by atoms with Gasteiger partial charge in [-0.3, -0.25) is 9.10 Å². The van der Waals surface area contributed by atoms with E-state index >= 15 is 0 Å². The highest BCUT2D eigenvalue weighted by atomic mass is 35.5. The van der Waals surface area contributed by atoms with Gasteiger partial charge in [0.05, 0.1) is 27.2 Å². The number of carbonyl (C=O) groups is 1. The summed E-state index contributed by atoms with van der Waals surface area (Å²) in [6.07, 6.45) is 0. The molecule has 6 nitrogen and oxygen atoms in total. The van der Waals surface area contributed by atoms with Gasteiger partial charge in [0.15, 0.2) is 0 Å². The Bertz CT molecular complexity index is 1170. The zero-order valence-electron chi connectivity index (χ0n) is 16.6. The minimum absolute atomic E-state index is 0.0518. The van der Waals surface area contributed by atoms with E-state index in [1.165, 1.54) is 30.3 Å². The maximum Gasteiger partial charge on any atom is 0.264 e. The molecule has 162 valence electrons. The summed E-state index contributed by atoms with van der Waals surface area (Å²) in [5.74, 6) is -0.514. The summed E-state index contributed by atoms with van der Waals surface area (Å²) >= 11 is 12.1. The SMILES string of the molecule is COCc1cccc(NC(=O)CN(c2ccc(Cl)c(Cl)c2)S(=O)(=O)c2ccccc2)c1. The number of nitrogens with one attached hydrogen (secondary N) is 1. The molecule has 0 aliphatic rings. The topological polar surface area (TPSA) is 75.7 Å². The molecular formula is C22H20Cl2N2O4S. The van der Waals surface area contributed by atoms with Crippen molar-refractivity contribution in [1.29, 1.82) is 0 Å². The molecule has 0 heterocycles. The molecule has 31 heavy (non-hydrogen) atoms. The van der Waals surface area contributed by atoms with Gasteiger partial charge in [0.1, 0.15) is 6.54 Å². The van der Waals surface area contributed by atoms with Crippen LogP contribution in [0.5, 0.6) is 0 Å². The van der Waals surface area contributed by atoms with Crippen molar-refractivity contribution in [2.75, 3.05) is 23.3 Å². The van der Waals surface area contributed by atoms with Crippen LogP contribution in [0.15, 0.2) is 77.7 Å². The summed E-state index contributed by atoms with van der Waals surface area (Å²) < 4.78 is 32.7. The van der Waals surface area contributed by atoms with E-state index in [1.54, 1.807) is 43.5 Å². The van der Waals surface area contributed by atoms with Crippen LogP contribution in [-0.2, 0) is 26.2 Å². The van der Waals surface area contributed by atoms with E-state index in [9.17, 15) is 13.2 Å². The van der Waals surface area contributed by atoms with Crippen molar-refractivity contribution in [2.45, 2.75) is 11.5 Å². The fourth-order valence-corrected chi connectivity index (χ4v) is 4.64. The van der Waals surface area contributed by atoms with Gasteiger partial charge < -0.3 is 10.1 Å². The number of rotatable bonds is 8. The molecule has 0 atom stereocenters. The highest BCUT2D eigenvalue weighted by Gasteiger charge is 2.27. The Labute approximate surface area is 191 Å². The van der Waals surface area contributed by atoms with E-state index in [-0.39, 0.29) is 20.6 Å². The van der Waals surface area contributed by atoms with Crippen molar-refractivity contribution in [3.63, 3.8) is 0 Å². The first-order valence-electron chi connectivity index (χ1n) is 9.22. The number of ether oxygens (including phenoxy) is 1. The van der Waals surface area contributed by atoms with E-state index in [2.05, 4.69) is 5.32 Å². The van der Waals surface area contributed by atoms with Gasteiger partial charge >= 0.3 is 0 Å². The van der Waals surface area contributed by atoms with Gasteiger partial charge in [-0.2, -0.15) is 0 Å². The molecule has 0 aromatic heterocycles. The van der Waals surface area contributed by atoms with Crippen LogP contribution < -0.4 is 9.62 Å². The lowest BCUT2D eigenvalue weighted by Crippen LogP contribution is -2.38. The zero-order valence-corrected chi connectivity index (χ0v) is 18.9. The van der Waals surface area contributed by atoms with Crippen molar-refractivity contribution in [3.8, 4) is 0 Å².